The van der Waals surface area contributed by atoms with Gasteiger partial charge in [-0.25, -0.2) is 0 Å². The van der Waals surface area contributed by atoms with Gasteiger partial charge in [0.1, 0.15) is 5.75 Å². The van der Waals surface area contributed by atoms with E-state index in [2.05, 4.69) is 22.1 Å². The zero-order valence-electron chi connectivity index (χ0n) is 12.5. The van der Waals surface area contributed by atoms with Gasteiger partial charge in [0.05, 0.1) is 5.02 Å². The Labute approximate surface area is 148 Å². The summed E-state index contributed by atoms with van der Waals surface area (Å²) in [4.78, 5) is 12.3. The number of amides is 1. The Balaban J connectivity index is 1.98. The van der Waals surface area contributed by atoms with E-state index in [1.54, 1.807) is 30.3 Å². The van der Waals surface area contributed by atoms with E-state index >= 15 is 0 Å². The topological polar surface area (TPSA) is 64.1 Å². The molecule has 0 fully saturated rings. The molecule has 1 atom stereocenters. The number of carbonyl (C=O) groups excluding carboxylic acids is 1. The van der Waals surface area contributed by atoms with Gasteiger partial charge in [-0.15, -0.1) is 16.8 Å². The summed E-state index contributed by atoms with van der Waals surface area (Å²) in [5.74, 6) is 0.954. The molecule has 0 bridgehead atoms. The number of nitrogens with zero attached hydrogens (tertiary/aromatic N) is 2. The van der Waals surface area contributed by atoms with Gasteiger partial charge in [-0.3, -0.25) is 10.1 Å². The molecule has 0 aliphatic rings. The van der Waals surface area contributed by atoms with Crippen LogP contribution < -0.4 is 10.1 Å². The van der Waals surface area contributed by atoms with Crippen LogP contribution in [0.5, 0.6) is 5.75 Å². The third-order valence-electron chi connectivity index (χ3n) is 2.73. The summed E-state index contributed by atoms with van der Waals surface area (Å²) in [6.07, 6.45) is 1.64. The summed E-state index contributed by atoms with van der Waals surface area (Å²) in [5, 5.41) is 11.6. The van der Waals surface area contributed by atoms with E-state index in [0.717, 1.165) is 10.1 Å². The second-order valence-corrected chi connectivity index (χ2v) is 7.06. The highest BCUT2D eigenvalue weighted by Gasteiger charge is 2.21. The average Bonchev–Trinajstić information content (AvgIpc) is 2.99. The van der Waals surface area contributed by atoms with Gasteiger partial charge in [0, 0.05) is 5.75 Å². The fraction of sp³-hybridized carbons (Fsp3) is 0.267. The average molecular weight is 370 g/mol. The van der Waals surface area contributed by atoms with Gasteiger partial charge in [-0.1, -0.05) is 59.8 Å². The standard InChI is InChI=1S/C15H16ClN3O2S2/c1-3-9-22-15-19-18-14(23-15)17-13(20)11(4-2)21-12-8-6-5-7-10(12)16/h3,5-8,11H,1,4,9H2,2H3,(H,17,18,20). The molecule has 1 aromatic carbocycles. The van der Waals surface area contributed by atoms with E-state index < -0.39 is 6.10 Å². The Kier molecular flexibility index (Phi) is 6.88. The molecule has 0 aliphatic heterocycles. The summed E-state index contributed by atoms with van der Waals surface area (Å²) in [5.41, 5.74) is 0. The quantitative estimate of drug-likeness (QED) is 0.427. The molecule has 5 nitrogen and oxygen atoms in total. The maximum atomic E-state index is 12.3. The number of thioether (sulfide) groups is 1. The molecule has 1 heterocycles. The van der Waals surface area contributed by atoms with Crippen LogP contribution in [0.15, 0.2) is 41.3 Å². The number of halogens is 1. The Morgan fingerprint density at radius 3 is 3.00 bits per heavy atom. The molecule has 2 rings (SSSR count). The van der Waals surface area contributed by atoms with Crippen molar-refractivity contribution in [1.29, 1.82) is 0 Å². The minimum Gasteiger partial charge on any atom is -0.479 e. The van der Waals surface area contributed by atoms with Crippen molar-refractivity contribution in [2.45, 2.75) is 23.8 Å². The molecule has 122 valence electrons. The van der Waals surface area contributed by atoms with Crippen molar-refractivity contribution in [2.75, 3.05) is 11.1 Å². The highest BCUT2D eigenvalue weighted by Crippen LogP contribution is 2.27. The first-order chi connectivity index (χ1) is 11.1. The summed E-state index contributed by atoms with van der Waals surface area (Å²) >= 11 is 8.89. The largest absolute Gasteiger partial charge is 0.479 e. The Hall–Kier alpha value is -1.57. The third kappa shape index (κ3) is 5.23. The van der Waals surface area contributed by atoms with Crippen LogP contribution in [0.2, 0.25) is 5.02 Å². The summed E-state index contributed by atoms with van der Waals surface area (Å²) in [6, 6.07) is 7.06. The predicted octanol–water partition coefficient (Wildman–Crippen LogP) is 4.27. The summed E-state index contributed by atoms with van der Waals surface area (Å²) in [7, 11) is 0. The molecule has 8 heteroatoms. The molecule has 0 spiro atoms. The molecule has 2 aromatic rings. The van der Waals surface area contributed by atoms with Crippen molar-refractivity contribution >= 4 is 45.7 Å². The number of ether oxygens (including phenoxy) is 1. The van der Waals surface area contributed by atoms with Gasteiger partial charge < -0.3 is 4.74 Å². The number of hydrogen-bond acceptors (Lipinski definition) is 6. The number of anilines is 1. The lowest BCUT2D eigenvalue weighted by Crippen LogP contribution is -2.32. The zero-order chi connectivity index (χ0) is 16.7. The summed E-state index contributed by atoms with van der Waals surface area (Å²) in [6.45, 7) is 5.52. The van der Waals surface area contributed by atoms with Gasteiger partial charge >= 0.3 is 0 Å². The van der Waals surface area contributed by atoms with E-state index in [4.69, 9.17) is 16.3 Å². The SMILES string of the molecule is C=CCSc1nnc(NC(=O)C(CC)Oc2ccccc2Cl)s1. The number of carbonyl (C=O) groups is 1. The van der Waals surface area contributed by atoms with Crippen molar-refractivity contribution < 1.29 is 9.53 Å². The Bertz CT molecular complexity index is 678. The van der Waals surface area contributed by atoms with Crippen molar-refractivity contribution in [2.24, 2.45) is 0 Å². The van der Waals surface area contributed by atoms with Gasteiger partial charge in [0.25, 0.3) is 5.91 Å². The highest BCUT2D eigenvalue weighted by atomic mass is 35.5. The second-order valence-electron chi connectivity index (χ2n) is 4.41. The van der Waals surface area contributed by atoms with Gasteiger partial charge in [-0.2, -0.15) is 0 Å². The molecule has 1 N–H and O–H groups in total. The zero-order valence-corrected chi connectivity index (χ0v) is 14.9. The lowest BCUT2D eigenvalue weighted by molar-refractivity contribution is -0.122. The minimum atomic E-state index is -0.650. The lowest BCUT2D eigenvalue weighted by atomic mass is 10.2. The van der Waals surface area contributed by atoms with Crippen LogP contribution in [0.25, 0.3) is 0 Å². The predicted molar refractivity (Wildman–Crippen MR) is 95.6 cm³/mol. The first kappa shape index (κ1) is 17.8. The first-order valence-electron chi connectivity index (χ1n) is 6.93. The number of benzene rings is 1. The molecule has 1 aromatic heterocycles. The Morgan fingerprint density at radius 2 is 2.30 bits per heavy atom. The molecule has 23 heavy (non-hydrogen) atoms. The molecular weight excluding hydrogens is 354 g/mol. The lowest BCUT2D eigenvalue weighted by Gasteiger charge is -2.17. The van der Waals surface area contributed by atoms with E-state index in [1.165, 1.54) is 23.1 Å². The smallest absolute Gasteiger partial charge is 0.267 e. The second kappa shape index (κ2) is 8.90. The van der Waals surface area contributed by atoms with E-state index in [9.17, 15) is 4.79 Å². The maximum absolute atomic E-state index is 12.3. The fourth-order valence-corrected chi connectivity index (χ4v) is 3.35. The normalized spacial score (nSPS) is 11.7. The fourth-order valence-electron chi connectivity index (χ4n) is 1.65. The molecule has 1 amide bonds. The number of rotatable bonds is 8. The molecule has 1 unspecified atom stereocenters. The molecule has 0 saturated heterocycles. The van der Waals surface area contributed by atoms with Gasteiger partial charge in [0.15, 0.2) is 10.4 Å². The van der Waals surface area contributed by atoms with E-state index in [0.29, 0.717) is 22.3 Å². The number of aromatic nitrogens is 2. The van der Waals surface area contributed by atoms with Crippen LogP contribution >= 0.6 is 34.7 Å². The van der Waals surface area contributed by atoms with Crippen molar-refractivity contribution in [3.63, 3.8) is 0 Å². The molecule has 0 saturated carbocycles. The molecule has 0 radical (unpaired) electrons. The van der Waals surface area contributed by atoms with E-state index in [-0.39, 0.29) is 5.91 Å². The van der Waals surface area contributed by atoms with Crippen molar-refractivity contribution in [3.8, 4) is 5.75 Å². The number of para-hydroxylation sites is 1. The monoisotopic (exact) mass is 369 g/mol. The number of nitrogens with one attached hydrogen (secondary N) is 1. The van der Waals surface area contributed by atoms with Crippen LogP contribution in [-0.4, -0.2) is 28.0 Å². The maximum Gasteiger partial charge on any atom is 0.267 e. The van der Waals surface area contributed by atoms with Crippen molar-refractivity contribution in [3.05, 3.63) is 41.9 Å². The third-order valence-corrected chi connectivity index (χ3v) is 5.01. The van der Waals surface area contributed by atoms with Crippen LogP contribution in [-0.2, 0) is 4.79 Å². The van der Waals surface area contributed by atoms with Crippen LogP contribution in [0.3, 0.4) is 0 Å². The van der Waals surface area contributed by atoms with Gasteiger partial charge in [-0.05, 0) is 18.6 Å². The minimum absolute atomic E-state index is 0.274. The number of hydrogen-bond donors (Lipinski definition) is 1. The molecule has 0 aliphatic carbocycles. The van der Waals surface area contributed by atoms with Crippen molar-refractivity contribution in [1.82, 2.24) is 10.2 Å². The van der Waals surface area contributed by atoms with Crippen LogP contribution in [0, 0.1) is 0 Å². The Morgan fingerprint density at radius 1 is 1.52 bits per heavy atom. The van der Waals surface area contributed by atoms with Gasteiger partial charge in [0.2, 0.25) is 5.13 Å². The van der Waals surface area contributed by atoms with Crippen LogP contribution in [0.1, 0.15) is 13.3 Å². The summed E-state index contributed by atoms with van der Waals surface area (Å²) < 4.78 is 6.47. The van der Waals surface area contributed by atoms with Crippen LogP contribution in [0.4, 0.5) is 5.13 Å². The first-order valence-corrected chi connectivity index (χ1v) is 9.11. The highest BCUT2D eigenvalue weighted by molar-refractivity contribution is 8.01. The molecular formula is C15H16ClN3O2S2. The van der Waals surface area contributed by atoms with E-state index in [1.807, 2.05) is 6.92 Å².